The predicted octanol–water partition coefficient (Wildman–Crippen LogP) is 6.62. The Kier molecular flexibility index (Phi) is 8.74. The molecule has 3 aromatic rings. The van der Waals surface area contributed by atoms with Crippen LogP contribution in [0.3, 0.4) is 0 Å². The highest BCUT2D eigenvalue weighted by molar-refractivity contribution is 7.18. The molecule has 0 aliphatic carbocycles. The number of nitrogens with one attached hydrogen (secondary N) is 1. The van der Waals surface area contributed by atoms with Crippen molar-refractivity contribution in [2.45, 2.75) is 52.7 Å². The van der Waals surface area contributed by atoms with E-state index < -0.39 is 17.3 Å². The normalized spacial score (nSPS) is 14.1. The van der Waals surface area contributed by atoms with Gasteiger partial charge in [-0.25, -0.2) is 20.0 Å². The topological polar surface area (TPSA) is 91.4 Å². The lowest BCUT2D eigenvalue weighted by Gasteiger charge is -2.36. The number of hydrogen-bond acceptors (Lipinski definition) is 8. The van der Waals surface area contributed by atoms with Crippen molar-refractivity contribution in [2.75, 3.05) is 36.1 Å². The average Bonchev–Trinajstić information content (AvgIpc) is 3.58. The van der Waals surface area contributed by atoms with Gasteiger partial charge in [-0.1, -0.05) is 18.2 Å². The Hall–Kier alpha value is -3.57. The number of benzene rings is 1. The second kappa shape index (κ2) is 11.9. The molecule has 0 spiro atoms. The molecule has 1 aliphatic heterocycles. The molecule has 11 heteroatoms. The lowest BCUT2D eigenvalue weighted by molar-refractivity contribution is 0.0240. The van der Waals surface area contributed by atoms with Crippen molar-refractivity contribution < 1.29 is 23.9 Å². The van der Waals surface area contributed by atoms with Gasteiger partial charge in [0.1, 0.15) is 11.2 Å². The molecule has 0 unspecified atom stereocenters. The number of ether oxygens (including phenoxy) is 2. The summed E-state index contributed by atoms with van der Waals surface area (Å²) in [6.07, 6.45) is -1.04. The highest BCUT2D eigenvalue weighted by Crippen LogP contribution is 2.31. The quantitative estimate of drug-likeness (QED) is 0.347. The number of amides is 3. The summed E-state index contributed by atoms with van der Waals surface area (Å²) >= 11 is 2.94. The largest absolute Gasteiger partial charge is 0.444 e. The van der Waals surface area contributed by atoms with Crippen LogP contribution in [0.1, 0.15) is 51.2 Å². The van der Waals surface area contributed by atoms with E-state index in [4.69, 9.17) is 9.47 Å². The molecule has 0 saturated carbocycles. The number of nitrogens with zero attached hydrogens (tertiary/aromatic N) is 3. The Balaban J connectivity index is 1.51. The molecule has 4 rings (SSSR count). The van der Waals surface area contributed by atoms with Gasteiger partial charge in [0.25, 0.3) is 5.91 Å². The maximum atomic E-state index is 13.8. The molecular weight excluding hydrogens is 548 g/mol. The maximum Gasteiger partial charge on any atom is 0.427 e. The number of thiophene rings is 2. The van der Waals surface area contributed by atoms with Crippen molar-refractivity contribution in [1.82, 2.24) is 10.3 Å². The van der Waals surface area contributed by atoms with Gasteiger partial charge in [-0.15, -0.1) is 22.7 Å². The number of hydrogen-bond donors (Lipinski definition) is 1. The third-order valence-corrected chi connectivity index (χ3v) is 7.81. The van der Waals surface area contributed by atoms with E-state index in [1.165, 1.54) is 16.3 Å². The molecule has 0 radical (unpaired) electrons. The Bertz CT molecular complexity index is 1330. The van der Waals surface area contributed by atoms with Crippen LogP contribution >= 0.6 is 22.7 Å². The number of carbonyl (C=O) groups excluding carboxylic acids is 3. The van der Waals surface area contributed by atoms with Gasteiger partial charge >= 0.3 is 12.2 Å². The highest BCUT2D eigenvalue weighted by atomic mass is 32.1. The molecule has 3 amide bonds. The summed E-state index contributed by atoms with van der Waals surface area (Å²) in [4.78, 5) is 44.3. The molecule has 0 atom stereocenters. The Morgan fingerprint density at radius 3 is 2.20 bits per heavy atom. The van der Waals surface area contributed by atoms with Gasteiger partial charge in [0.2, 0.25) is 0 Å². The van der Waals surface area contributed by atoms with E-state index in [1.54, 1.807) is 49.1 Å². The Morgan fingerprint density at radius 1 is 0.875 bits per heavy atom. The molecule has 1 aliphatic rings. The van der Waals surface area contributed by atoms with Crippen molar-refractivity contribution in [2.24, 2.45) is 0 Å². The molecular formula is C29H36N4O5S2. The lowest BCUT2D eigenvalue weighted by atomic mass is 10.1. The molecule has 2 aromatic heterocycles. The van der Waals surface area contributed by atoms with E-state index in [2.05, 4.69) is 10.3 Å². The van der Waals surface area contributed by atoms with Crippen molar-refractivity contribution in [3.8, 4) is 10.4 Å². The van der Waals surface area contributed by atoms with Crippen LogP contribution in [-0.4, -0.2) is 60.4 Å². The second-order valence-electron chi connectivity index (χ2n) is 11.4. The zero-order valence-electron chi connectivity index (χ0n) is 23.7. The predicted molar refractivity (Wildman–Crippen MR) is 160 cm³/mol. The van der Waals surface area contributed by atoms with E-state index in [0.29, 0.717) is 36.7 Å². The van der Waals surface area contributed by atoms with Crippen molar-refractivity contribution >= 4 is 51.5 Å². The first-order valence-electron chi connectivity index (χ1n) is 13.1. The van der Waals surface area contributed by atoms with Crippen LogP contribution in [0.15, 0.2) is 53.9 Å². The molecule has 1 fully saturated rings. The number of piperazine rings is 1. The zero-order valence-corrected chi connectivity index (χ0v) is 25.4. The lowest BCUT2D eigenvalue weighted by Crippen LogP contribution is -2.50. The molecule has 1 aromatic carbocycles. The first-order valence-corrected chi connectivity index (χ1v) is 14.8. The van der Waals surface area contributed by atoms with Crippen molar-refractivity contribution in [3.05, 3.63) is 58.8 Å². The first-order chi connectivity index (χ1) is 18.8. The zero-order chi connectivity index (χ0) is 29.1. The van der Waals surface area contributed by atoms with Gasteiger partial charge < -0.3 is 19.3 Å². The monoisotopic (exact) mass is 584 g/mol. The van der Waals surface area contributed by atoms with Crippen LogP contribution < -0.4 is 15.3 Å². The van der Waals surface area contributed by atoms with Crippen LogP contribution in [0.5, 0.6) is 0 Å². The van der Waals surface area contributed by atoms with Gasteiger partial charge in [0, 0.05) is 31.1 Å². The van der Waals surface area contributed by atoms with E-state index in [0.717, 1.165) is 15.4 Å². The van der Waals surface area contributed by atoms with Crippen LogP contribution in [-0.2, 0) is 9.47 Å². The standard InChI is InChI=1S/C29H36N4O5S2/c1-28(2,3)37-26(35)30-33(21-10-7-9-20(19-21)22-11-8-18-39-22)25(34)23-12-13-24(40-23)31-14-16-32(17-15-31)27(36)38-29(4,5)6/h7-13,18-19H,14-17H2,1-6H3,(H,30,35). The summed E-state index contributed by atoms with van der Waals surface area (Å²) in [7, 11) is 0. The van der Waals surface area contributed by atoms with Crippen LogP contribution in [0, 0.1) is 0 Å². The van der Waals surface area contributed by atoms with Gasteiger partial charge in [0.15, 0.2) is 0 Å². The minimum atomic E-state index is -0.727. The molecule has 0 bridgehead atoms. The fourth-order valence-corrected chi connectivity index (χ4v) is 5.74. The van der Waals surface area contributed by atoms with Crippen LogP contribution in [0.25, 0.3) is 10.4 Å². The molecule has 3 heterocycles. The summed E-state index contributed by atoms with van der Waals surface area (Å²) in [5, 5.41) is 4.14. The van der Waals surface area contributed by atoms with Crippen molar-refractivity contribution in [3.63, 3.8) is 0 Å². The minimum absolute atomic E-state index is 0.317. The van der Waals surface area contributed by atoms with Gasteiger partial charge in [-0.3, -0.25) is 4.79 Å². The SMILES string of the molecule is CC(C)(C)OC(=O)NN(C(=O)c1ccc(N2CCN(C(=O)OC(C)(C)C)CC2)s1)c1cccc(-c2cccs2)c1. The summed E-state index contributed by atoms with van der Waals surface area (Å²) in [6, 6.07) is 15.1. The van der Waals surface area contributed by atoms with E-state index in [9.17, 15) is 14.4 Å². The van der Waals surface area contributed by atoms with Crippen LogP contribution in [0.2, 0.25) is 0 Å². The fraction of sp³-hybridized carbons (Fsp3) is 0.414. The van der Waals surface area contributed by atoms with Crippen molar-refractivity contribution in [1.29, 1.82) is 0 Å². The summed E-state index contributed by atoms with van der Waals surface area (Å²) in [5.41, 5.74) is 2.83. The summed E-state index contributed by atoms with van der Waals surface area (Å²) in [6.45, 7) is 13.2. The molecule has 214 valence electrons. The van der Waals surface area contributed by atoms with Gasteiger partial charge in [-0.2, -0.15) is 0 Å². The van der Waals surface area contributed by atoms with E-state index in [-0.39, 0.29) is 12.0 Å². The van der Waals surface area contributed by atoms with E-state index >= 15 is 0 Å². The Morgan fingerprint density at radius 2 is 1.57 bits per heavy atom. The van der Waals surface area contributed by atoms with Gasteiger partial charge in [-0.05, 0) is 82.8 Å². The van der Waals surface area contributed by atoms with Crippen LogP contribution in [0.4, 0.5) is 20.3 Å². The smallest absolute Gasteiger partial charge is 0.427 e. The summed E-state index contributed by atoms with van der Waals surface area (Å²) < 4.78 is 10.9. The second-order valence-corrected chi connectivity index (χ2v) is 13.4. The maximum absolute atomic E-state index is 13.8. The van der Waals surface area contributed by atoms with E-state index in [1.807, 2.05) is 62.5 Å². The third kappa shape index (κ3) is 7.76. The third-order valence-electron chi connectivity index (χ3n) is 5.76. The molecule has 1 saturated heterocycles. The number of hydrazine groups is 1. The molecule has 9 nitrogen and oxygen atoms in total. The molecule has 40 heavy (non-hydrogen) atoms. The first kappa shape index (κ1) is 29.4. The number of carbonyl (C=O) groups is 3. The summed E-state index contributed by atoms with van der Waals surface area (Å²) in [5.74, 6) is -0.377. The average molecular weight is 585 g/mol. The fourth-order valence-electron chi connectivity index (χ4n) is 4.02. The van der Waals surface area contributed by atoms with Gasteiger partial charge in [0.05, 0.1) is 15.6 Å². The minimum Gasteiger partial charge on any atom is -0.444 e. The molecule has 1 N–H and O–H groups in total. The number of rotatable bonds is 4. The highest BCUT2D eigenvalue weighted by Gasteiger charge is 2.29. The number of anilines is 2. The Labute approximate surface area is 243 Å².